The summed E-state index contributed by atoms with van der Waals surface area (Å²) in [6.45, 7) is 9.78. The summed E-state index contributed by atoms with van der Waals surface area (Å²) in [6.07, 6.45) is 3.28. The highest BCUT2D eigenvalue weighted by molar-refractivity contribution is 5.80. The Morgan fingerprint density at radius 1 is 1.29 bits per heavy atom. The minimum atomic E-state index is 0.328. The van der Waals surface area contributed by atoms with Gasteiger partial charge in [0.25, 0.3) is 0 Å². The number of nitrogens with zero attached hydrogens (tertiary/aromatic N) is 3. The van der Waals surface area contributed by atoms with E-state index in [0.717, 1.165) is 51.5 Å². The van der Waals surface area contributed by atoms with Gasteiger partial charge >= 0.3 is 0 Å². The lowest BCUT2D eigenvalue weighted by molar-refractivity contribution is 0.223. The standard InChI is InChI=1S/C19H32N4O/c1-4-22(5-2)17-12-14-23(15-17)19(20-3)21-13-6-7-16-8-10-18(24)11-9-16/h8-11,17,24H,4-7,12-15H2,1-3H3,(H,20,21). The summed E-state index contributed by atoms with van der Waals surface area (Å²) in [6, 6.07) is 8.12. The Hall–Kier alpha value is -1.75. The van der Waals surface area contributed by atoms with E-state index in [4.69, 9.17) is 0 Å². The van der Waals surface area contributed by atoms with E-state index >= 15 is 0 Å². The van der Waals surface area contributed by atoms with Gasteiger partial charge in [0.05, 0.1) is 0 Å². The summed E-state index contributed by atoms with van der Waals surface area (Å²) in [4.78, 5) is 9.37. The molecule has 24 heavy (non-hydrogen) atoms. The molecule has 1 fully saturated rings. The van der Waals surface area contributed by atoms with Crippen molar-refractivity contribution < 1.29 is 5.11 Å². The Labute approximate surface area is 146 Å². The fraction of sp³-hybridized carbons (Fsp3) is 0.632. The number of nitrogens with one attached hydrogen (secondary N) is 1. The molecule has 0 spiro atoms. The number of aryl methyl sites for hydroxylation is 1. The second-order valence-corrected chi connectivity index (χ2v) is 6.35. The predicted molar refractivity (Wildman–Crippen MR) is 101 cm³/mol. The number of aromatic hydroxyl groups is 1. The van der Waals surface area contributed by atoms with Gasteiger partial charge in [-0.1, -0.05) is 26.0 Å². The smallest absolute Gasteiger partial charge is 0.193 e. The molecule has 2 rings (SSSR count). The topological polar surface area (TPSA) is 51.1 Å². The minimum absolute atomic E-state index is 0.328. The van der Waals surface area contributed by atoms with Crippen LogP contribution in [0.5, 0.6) is 5.75 Å². The maximum atomic E-state index is 9.31. The number of likely N-dealkylation sites (N-methyl/N-ethyl adjacent to an activating group) is 1. The van der Waals surface area contributed by atoms with E-state index in [0.29, 0.717) is 11.8 Å². The number of hydrogen-bond donors (Lipinski definition) is 2. The molecule has 1 heterocycles. The zero-order valence-electron chi connectivity index (χ0n) is 15.3. The number of rotatable bonds is 7. The van der Waals surface area contributed by atoms with Gasteiger partial charge in [-0.2, -0.15) is 0 Å². The molecule has 0 amide bonds. The molecule has 134 valence electrons. The molecule has 1 aliphatic rings. The first-order chi connectivity index (χ1) is 11.7. The summed E-state index contributed by atoms with van der Waals surface area (Å²) in [5.74, 6) is 1.35. The van der Waals surface area contributed by atoms with Crippen molar-refractivity contribution in [1.29, 1.82) is 0 Å². The van der Waals surface area contributed by atoms with Crippen LogP contribution in [0.1, 0.15) is 32.3 Å². The average Bonchev–Trinajstić information content (AvgIpc) is 3.07. The lowest BCUT2D eigenvalue weighted by Gasteiger charge is -2.27. The molecular formula is C19H32N4O. The van der Waals surface area contributed by atoms with Gasteiger partial charge in [0.2, 0.25) is 0 Å². The molecule has 5 nitrogen and oxygen atoms in total. The molecule has 1 aromatic carbocycles. The molecule has 0 saturated carbocycles. The van der Waals surface area contributed by atoms with E-state index in [1.807, 2.05) is 19.2 Å². The number of aliphatic imine (C=N–C) groups is 1. The number of likely N-dealkylation sites (tertiary alicyclic amines) is 1. The Bertz CT molecular complexity index is 511. The lowest BCUT2D eigenvalue weighted by Crippen LogP contribution is -2.43. The van der Waals surface area contributed by atoms with Crippen LogP contribution in [0.3, 0.4) is 0 Å². The monoisotopic (exact) mass is 332 g/mol. The zero-order chi connectivity index (χ0) is 17.4. The first-order valence-electron chi connectivity index (χ1n) is 9.15. The molecule has 0 bridgehead atoms. The molecule has 1 aliphatic heterocycles. The van der Waals surface area contributed by atoms with E-state index in [9.17, 15) is 5.11 Å². The summed E-state index contributed by atoms with van der Waals surface area (Å²) in [7, 11) is 1.87. The molecule has 1 unspecified atom stereocenters. The van der Waals surface area contributed by atoms with Crippen molar-refractivity contribution in [1.82, 2.24) is 15.1 Å². The van der Waals surface area contributed by atoms with Crippen LogP contribution in [0.2, 0.25) is 0 Å². The largest absolute Gasteiger partial charge is 0.508 e. The first-order valence-corrected chi connectivity index (χ1v) is 9.15. The Morgan fingerprint density at radius 2 is 2.00 bits per heavy atom. The Kier molecular flexibility index (Phi) is 7.37. The van der Waals surface area contributed by atoms with E-state index in [2.05, 4.69) is 34.0 Å². The number of guanidine groups is 1. The van der Waals surface area contributed by atoms with Crippen molar-refractivity contribution in [2.24, 2.45) is 4.99 Å². The van der Waals surface area contributed by atoms with Gasteiger partial charge in [0.15, 0.2) is 5.96 Å². The third-order valence-corrected chi connectivity index (χ3v) is 4.87. The van der Waals surface area contributed by atoms with Crippen molar-refractivity contribution in [2.45, 2.75) is 39.2 Å². The van der Waals surface area contributed by atoms with Crippen LogP contribution in [0.25, 0.3) is 0 Å². The second kappa shape index (κ2) is 9.52. The fourth-order valence-electron chi connectivity index (χ4n) is 3.46. The first kappa shape index (κ1) is 18.6. The summed E-state index contributed by atoms with van der Waals surface area (Å²) in [5.41, 5.74) is 1.26. The Morgan fingerprint density at radius 3 is 2.62 bits per heavy atom. The van der Waals surface area contributed by atoms with Crippen LogP contribution in [0.15, 0.2) is 29.3 Å². The maximum absolute atomic E-state index is 9.31. The fourth-order valence-corrected chi connectivity index (χ4v) is 3.46. The summed E-state index contributed by atoms with van der Waals surface area (Å²) >= 11 is 0. The number of phenolic OH excluding ortho intramolecular Hbond substituents is 1. The van der Waals surface area contributed by atoms with E-state index in [1.54, 1.807) is 12.1 Å². The highest BCUT2D eigenvalue weighted by Crippen LogP contribution is 2.15. The van der Waals surface area contributed by atoms with Crippen LogP contribution in [-0.4, -0.2) is 66.7 Å². The minimum Gasteiger partial charge on any atom is -0.508 e. The third kappa shape index (κ3) is 5.13. The Balaban J connectivity index is 1.74. The van der Waals surface area contributed by atoms with Crippen LogP contribution in [0, 0.1) is 0 Å². The predicted octanol–water partition coefficient (Wildman–Crippen LogP) is 2.32. The average molecular weight is 332 g/mol. The maximum Gasteiger partial charge on any atom is 0.193 e. The zero-order valence-corrected chi connectivity index (χ0v) is 15.3. The van der Waals surface area contributed by atoms with E-state index in [1.165, 1.54) is 12.0 Å². The highest BCUT2D eigenvalue weighted by Gasteiger charge is 2.27. The number of hydrogen-bond acceptors (Lipinski definition) is 3. The molecular weight excluding hydrogens is 300 g/mol. The highest BCUT2D eigenvalue weighted by atomic mass is 16.3. The van der Waals surface area contributed by atoms with Crippen LogP contribution < -0.4 is 5.32 Å². The molecule has 2 N–H and O–H groups in total. The van der Waals surface area contributed by atoms with Crippen LogP contribution in [-0.2, 0) is 6.42 Å². The van der Waals surface area contributed by atoms with Gasteiger partial charge in [-0.3, -0.25) is 9.89 Å². The van der Waals surface area contributed by atoms with Gasteiger partial charge in [-0.05, 0) is 50.0 Å². The third-order valence-electron chi connectivity index (χ3n) is 4.87. The van der Waals surface area contributed by atoms with Gasteiger partial charge < -0.3 is 15.3 Å². The summed E-state index contributed by atoms with van der Waals surface area (Å²) < 4.78 is 0. The summed E-state index contributed by atoms with van der Waals surface area (Å²) in [5, 5.41) is 12.8. The molecule has 1 atom stereocenters. The van der Waals surface area contributed by atoms with Crippen molar-refractivity contribution in [3.8, 4) is 5.75 Å². The van der Waals surface area contributed by atoms with Crippen molar-refractivity contribution in [2.75, 3.05) is 39.8 Å². The van der Waals surface area contributed by atoms with E-state index in [-0.39, 0.29) is 0 Å². The molecule has 0 radical (unpaired) electrons. The van der Waals surface area contributed by atoms with Gasteiger partial charge in [-0.25, -0.2) is 0 Å². The van der Waals surface area contributed by atoms with Crippen molar-refractivity contribution in [3.63, 3.8) is 0 Å². The molecule has 0 aliphatic carbocycles. The second-order valence-electron chi connectivity index (χ2n) is 6.35. The van der Waals surface area contributed by atoms with Crippen molar-refractivity contribution >= 4 is 5.96 Å². The van der Waals surface area contributed by atoms with Crippen LogP contribution in [0.4, 0.5) is 0 Å². The van der Waals surface area contributed by atoms with E-state index < -0.39 is 0 Å². The van der Waals surface area contributed by atoms with Gasteiger partial charge in [0.1, 0.15) is 5.75 Å². The van der Waals surface area contributed by atoms with Crippen molar-refractivity contribution in [3.05, 3.63) is 29.8 Å². The van der Waals surface area contributed by atoms with Gasteiger partial charge in [0, 0.05) is 32.7 Å². The lowest BCUT2D eigenvalue weighted by atomic mass is 10.1. The molecule has 5 heteroatoms. The van der Waals surface area contributed by atoms with Gasteiger partial charge in [-0.15, -0.1) is 0 Å². The SMILES string of the molecule is CCN(CC)C1CCN(C(=NC)NCCCc2ccc(O)cc2)C1. The molecule has 0 aromatic heterocycles. The van der Waals surface area contributed by atoms with Crippen LogP contribution >= 0.6 is 0 Å². The molecule has 1 aromatic rings. The quantitative estimate of drug-likeness (QED) is 0.457. The number of benzene rings is 1. The number of phenols is 1. The normalized spacial score (nSPS) is 18.4. The molecule has 1 saturated heterocycles.